The van der Waals surface area contributed by atoms with Crippen LogP contribution in [0.2, 0.25) is 0 Å². The van der Waals surface area contributed by atoms with E-state index in [0.29, 0.717) is 6.54 Å². The fourth-order valence-electron chi connectivity index (χ4n) is 1.57. The maximum atomic E-state index is 10.5. The normalized spacial score (nSPS) is 10.1. The second kappa shape index (κ2) is 5.21. The van der Waals surface area contributed by atoms with Gasteiger partial charge in [0.1, 0.15) is 0 Å². The van der Waals surface area contributed by atoms with E-state index >= 15 is 0 Å². The zero-order valence-corrected chi connectivity index (χ0v) is 9.34. The summed E-state index contributed by atoms with van der Waals surface area (Å²) in [6.07, 6.45) is 3.93. The van der Waals surface area contributed by atoms with Gasteiger partial charge in [-0.05, 0) is 23.3 Å². The Morgan fingerprint density at radius 1 is 1.12 bits per heavy atom. The van der Waals surface area contributed by atoms with Crippen LogP contribution in [0, 0.1) is 0 Å². The van der Waals surface area contributed by atoms with Gasteiger partial charge in [0.25, 0.3) is 0 Å². The quantitative estimate of drug-likeness (QED) is 0.824. The number of aromatic nitrogens is 1. The lowest BCUT2D eigenvalue weighted by Crippen LogP contribution is -2.11. The Morgan fingerprint density at radius 3 is 2.29 bits per heavy atom. The largest absolute Gasteiger partial charge is 0.481 e. The summed E-state index contributed by atoms with van der Waals surface area (Å²) < 4.78 is 1.88. The highest BCUT2D eigenvalue weighted by Gasteiger charge is 2.00. The molecule has 2 rings (SSSR count). The molecule has 0 saturated carbocycles. The summed E-state index contributed by atoms with van der Waals surface area (Å²) >= 11 is 0. The Hall–Kier alpha value is -2.23. The molecular weight excluding hydrogens is 216 g/mol. The smallest absolute Gasteiger partial charge is 0.307 e. The van der Waals surface area contributed by atoms with Crippen LogP contribution in [0.4, 0.5) is 0 Å². The first-order valence-corrected chi connectivity index (χ1v) is 5.40. The first-order valence-electron chi connectivity index (χ1n) is 5.40. The molecule has 0 aliphatic rings. The molecule has 4 nitrogen and oxygen atoms in total. The Balaban J connectivity index is 1.91. The molecule has 17 heavy (non-hydrogen) atoms. The minimum Gasteiger partial charge on any atom is -0.481 e. The van der Waals surface area contributed by atoms with Crippen LogP contribution in [0.25, 0.3) is 0 Å². The van der Waals surface area contributed by atoms with Crippen LogP contribution in [0.1, 0.15) is 11.1 Å². The first kappa shape index (κ1) is 11.3. The third-order valence-corrected chi connectivity index (χ3v) is 2.45. The second-order valence-electron chi connectivity index (χ2n) is 3.81. The highest BCUT2D eigenvalue weighted by molar-refractivity contribution is 5.70. The number of aliphatic carboxylic acids is 1. The standard InChI is InChI=1S/C13H14N2O2/c16-13(17)9-11-3-5-12(6-4-11)10-14-15-7-1-2-8-15/h1-8,14H,9-10H2,(H,16,17). The summed E-state index contributed by atoms with van der Waals surface area (Å²) in [6, 6.07) is 11.5. The van der Waals surface area contributed by atoms with Gasteiger partial charge in [-0.3, -0.25) is 9.47 Å². The average Bonchev–Trinajstić information content (AvgIpc) is 2.80. The maximum absolute atomic E-state index is 10.5. The number of hydrogen-bond acceptors (Lipinski definition) is 2. The molecule has 0 unspecified atom stereocenters. The molecule has 1 aromatic heterocycles. The number of nitrogens with zero attached hydrogens (tertiary/aromatic N) is 1. The monoisotopic (exact) mass is 230 g/mol. The Labute approximate surface area is 99.5 Å². The third kappa shape index (κ3) is 3.38. The van der Waals surface area contributed by atoms with E-state index in [1.807, 2.05) is 53.5 Å². The summed E-state index contributed by atoms with van der Waals surface area (Å²) in [5, 5.41) is 8.65. The molecule has 1 heterocycles. The molecule has 0 fully saturated rings. The van der Waals surface area contributed by atoms with Crippen LogP contribution < -0.4 is 5.43 Å². The minimum atomic E-state index is -0.803. The van der Waals surface area contributed by atoms with E-state index in [-0.39, 0.29) is 6.42 Å². The van der Waals surface area contributed by atoms with Gasteiger partial charge in [0.05, 0.1) is 13.0 Å². The van der Waals surface area contributed by atoms with Crippen molar-refractivity contribution in [2.45, 2.75) is 13.0 Å². The van der Waals surface area contributed by atoms with Gasteiger partial charge in [-0.2, -0.15) is 0 Å². The van der Waals surface area contributed by atoms with Gasteiger partial charge in [0.15, 0.2) is 0 Å². The highest BCUT2D eigenvalue weighted by atomic mass is 16.4. The van der Waals surface area contributed by atoms with Crippen molar-refractivity contribution in [2.24, 2.45) is 0 Å². The zero-order valence-electron chi connectivity index (χ0n) is 9.34. The Kier molecular flexibility index (Phi) is 3.45. The van der Waals surface area contributed by atoms with Crippen molar-refractivity contribution in [3.8, 4) is 0 Å². The lowest BCUT2D eigenvalue weighted by molar-refractivity contribution is -0.136. The summed E-state index contributed by atoms with van der Waals surface area (Å²) in [6.45, 7) is 0.710. The van der Waals surface area contributed by atoms with Gasteiger partial charge >= 0.3 is 5.97 Å². The summed E-state index contributed by atoms with van der Waals surface area (Å²) in [4.78, 5) is 10.5. The number of carboxylic acids is 1. The molecule has 88 valence electrons. The van der Waals surface area contributed by atoms with Gasteiger partial charge < -0.3 is 10.5 Å². The maximum Gasteiger partial charge on any atom is 0.307 e. The average molecular weight is 230 g/mol. The van der Waals surface area contributed by atoms with E-state index in [2.05, 4.69) is 5.43 Å². The Morgan fingerprint density at radius 2 is 1.71 bits per heavy atom. The predicted octanol–water partition coefficient (Wildman–Crippen LogP) is 1.86. The van der Waals surface area contributed by atoms with E-state index in [0.717, 1.165) is 11.1 Å². The molecule has 0 spiro atoms. The number of carboxylic acid groups (broad SMARTS) is 1. The van der Waals surface area contributed by atoms with E-state index in [9.17, 15) is 4.79 Å². The summed E-state index contributed by atoms with van der Waals surface area (Å²) in [7, 11) is 0. The van der Waals surface area contributed by atoms with Crippen molar-refractivity contribution in [1.82, 2.24) is 4.68 Å². The first-order chi connectivity index (χ1) is 8.24. The number of nitrogens with one attached hydrogen (secondary N) is 1. The van der Waals surface area contributed by atoms with Gasteiger partial charge in [-0.15, -0.1) is 0 Å². The molecule has 0 aliphatic carbocycles. The van der Waals surface area contributed by atoms with Crippen molar-refractivity contribution in [3.63, 3.8) is 0 Å². The molecule has 4 heteroatoms. The van der Waals surface area contributed by atoms with Crippen LogP contribution >= 0.6 is 0 Å². The number of rotatable bonds is 5. The summed E-state index contributed by atoms with van der Waals surface area (Å²) in [5.41, 5.74) is 5.14. The molecule has 0 amide bonds. The zero-order chi connectivity index (χ0) is 12.1. The highest BCUT2D eigenvalue weighted by Crippen LogP contribution is 2.05. The Bertz CT molecular complexity index is 475. The molecule has 0 atom stereocenters. The van der Waals surface area contributed by atoms with Crippen molar-refractivity contribution in [3.05, 3.63) is 59.9 Å². The van der Waals surface area contributed by atoms with Gasteiger partial charge in [-0.1, -0.05) is 24.3 Å². The van der Waals surface area contributed by atoms with Crippen LogP contribution in [0.5, 0.6) is 0 Å². The molecule has 1 aromatic carbocycles. The van der Waals surface area contributed by atoms with Crippen LogP contribution in [0.3, 0.4) is 0 Å². The second-order valence-corrected chi connectivity index (χ2v) is 3.81. The van der Waals surface area contributed by atoms with Crippen LogP contribution in [-0.4, -0.2) is 15.8 Å². The summed E-state index contributed by atoms with van der Waals surface area (Å²) in [5.74, 6) is -0.803. The van der Waals surface area contributed by atoms with Gasteiger partial charge in [-0.25, -0.2) is 0 Å². The molecule has 2 aromatic rings. The molecule has 0 bridgehead atoms. The van der Waals surface area contributed by atoms with Gasteiger partial charge in [0.2, 0.25) is 0 Å². The van der Waals surface area contributed by atoms with E-state index in [4.69, 9.17) is 5.11 Å². The van der Waals surface area contributed by atoms with Crippen LogP contribution in [-0.2, 0) is 17.8 Å². The fourth-order valence-corrected chi connectivity index (χ4v) is 1.57. The molecule has 0 saturated heterocycles. The molecule has 0 aliphatic heterocycles. The molecule has 0 radical (unpaired) electrons. The van der Waals surface area contributed by atoms with E-state index in [1.54, 1.807) is 0 Å². The SMILES string of the molecule is O=C(O)Cc1ccc(CNn2cccc2)cc1. The van der Waals surface area contributed by atoms with Crippen LogP contribution in [0.15, 0.2) is 48.8 Å². The van der Waals surface area contributed by atoms with E-state index in [1.165, 1.54) is 0 Å². The van der Waals surface area contributed by atoms with Crippen molar-refractivity contribution in [2.75, 3.05) is 5.43 Å². The third-order valence-electron chi connectivity index (χ3n) is 2.45. The lowest BCUT2D eigenvalue weighted by atomic mass is 10.1. The predicted molar refractivity (Wildman–Crippen MR) is 65.3 cm³/mol. The number of hydrogen-bond donors (Lipinski definition) is 2. The van der Waals surface area contributed by atoms with Crippen molar-refractivity contribution < 1.29 is 9.90 Å². The topological polar surface area (TPSA) is 54.3 Å². The van der Waals surface area contributed by atoms with Gasteiger partial charge in [0, 0.05) is 12.4 Å². The number of carbonyl (C=O) groups is 1. The molecular formula is C13H14N2O2. The van der Waals surface area contributed by atoms with Crippen molar-refractivity contribution >= 4 is 5.97 Å². The minimum absolute atomic E-state index is 0.0747. The molecule has 2 N–H and O–H groups in total. The lowest BCUT2D eigenvalue weighted by Gasteiger charge is -2.07. The van der Waals surface area contributed by atoms with Crippen molar-refractivity contribution in [1.29, 1.82) is 0 Å². The number of benzene rings is 1. The fraction of sp³-hybridized carbons (Fsp3) is 0.154. The van der Waals surface area contributed by atoms with E-state index < -0.39 is 5.97 Å².